The number of amides is 1. The summed E-state index contributed by atoms with van der Waals surface area (Å²) in [7, 11) is 1.73. The summed E-state index contributed by atoms with van der Waals surface area (Å²) >= 11 is 5.95. The van der Waals surface area contributed by atoms with Crippen LogP contribution in [0.15, 0.2) is 36.4 Å². The van der Waals surface area contributed by atoms with Crippen LogP contribution in [-0.2, 0) is 11.2 Å². The summed E-state index contributed by atoms with van der Waals surface area (Å²) in [6, 6.07) is 10.2. The number of nitrogens with two attached hydrogens (primary N) is 1. The Hall–Kier alpha value is -2.33. The molecule has 0 bridgehead atoms. The molecule has 0 fully saturated rings. The van der Waals surface area contributed by atoms with E-state index in [-0.39, 0.29) is 17.4 Å². The lowest BCUT2D eigenvalue weighted by atomic mass is 9.99. The van der Waals surface area contributed by atoms with Gasteiger partial charge in [-0.1, -0.05) is 17.7 Å². The Morgan fingerprint density at radius 1 is 1.29 bits per heavy atom. The molecule has 106 valence electrons. The van der Waals surface area contributed by atoms with Crippen molar-refractivity contribution in [2.24, 2.45) is 0 Å². The normalized spacial score (nSPS) is 13.4. The number of benzene rings is 2. The van der Waals surface area contributed by atoms with Crippen LogP contribution in [0.2, 0.25) is 5.02 Å². The average molecular weight is 301 g/mol. The number of halogens is 1. The van der Waals surface area contributed by atoms with Gasteiger partial charge in [0.15, 0.2) is 5.78 Å². The number of carbonyl (C=O) groups excluding carboxylic acids is 2. The molecule has 1 heterocycles. The molecule has 4 nitrogen and oxygen atoms in total. The van der Waals surface area contributed by atoms with E-state index in [0.717, 1.165) is 11.3 Å². The zero-order chi connectivity index (χ0) is 15.1. The van der Waals surface area contributed by atoms with E-state index >= 15 is 0 Å². The van der Waals surface area contributed by atoms with E-state index in [1.807, 2.05) is 0 Å². The van der Waals surface area contributed by atoms with Gasteiger partial charge in [-0.3, -0.25) is 9.59 Å². The highest BCUT2D eigenvalue weighted by Gasteiger charge is 2.25. The van der Waals surface area contributed by atoms with E-state index in [9.17, 15) is 9.59 Å². The van der Waals surface area contributed by atoms with Gasteiger partial charge in [0.05, 0.1) is 17.1 Å². The minimum absolute atomic E-state index is 0.0249. The largest absolute Gasteiger partial charge is 0.397 e. The fourth-order valence-corrected chi connectivity index (χ4v) is 2.68. The van der Waals surface area contributed by atoms with E-state index in [1.54, 1.807) is 48.3 Å². The maximum Gasteiger partial charge on any atom is 0.231 e. The number of fused-ring (bicyclic) bond motifs is 1. The van der Waals surface area contributed by atoms with Gasteiger partial charge >= 0.3 is 0 Å². The van der Waals surface area contributed by atoms with Crippen molar-refractivity contribution in [1.29, 1.82) is 0 Å². The van der Waals surface area contributed by atoms with E-state index in [4.69, 9.17) is 17.3 Å². The first-order valence-corrected chi connectivity index (χ1v) is 6.85. The van der Waals surface area contributed by atoms with Crippen LogP contribution in [0.4, 0.5) is 11.4 Å². The van der Waals surface area contributed by atoms with Crippen molar-refractivity contribution in [3.8, 4) is 0 Å². The zero-order valence-corrected chi connectivity index (χ0v) is 12.1. The molecule has 0 saturated carbocycles. The first kappa shape index (κ1) is 13.6. The second-order valence-corrected chi connectivity index (χ2v) is 5.41. The number of hydrogen-bond donors (Lipinski definition) is 1. The van der Waals surface area contributed by atoms with Crippen molar-refractivity contribution in [2.45, 2.75) is 6.42 Å². The van der Waals surface area contributed by atoms with Gasteiger partial charge in [0.1, 0.15) is 0 Å². The molecule has 2 aromatic carbocycles. The van der Waals surface area contributed by atoms with Crippen molar-refractivity contribution < 1.29 is 9.59 Å². The minimum Gasteiger partial charge on any atom is -0.397 e. The van der Waals surface area contributed by atoms with Crippen LogP contribution in [0.1, 0.15) is 21.5 Å². The summed E-state index contributed by atoms with van der Waals surface area (Å²) in [5.41, 5.74) is 8.72. The molecule has 2 aromatic rings. The number of nitrogens with zero attached hydrogens (tertiary/aromatic N) is 1. The van der Waals surface area contributed by atoms with Crippen molar-refractivity contribution >= 4 is 34.7 Å². The Bertz CT molecular complexity index is 771. The molecule has 3 rings (SSSR count). The number of hydrogen-bond acceptors (Lipinski definition) is 3. The highest BCUT2D eigenvalue weighted by Crippen LogP contribution is 2.30. The summed E-state index contributed by atoms with van der Waals surface area (Å²) in [6.07, 6.45) is 0.317. The Morgan fingerprint density at radius 3 is 2.81 bits per heavy atom. The predicted molar refractivity (Wildman–Crippen MR) is 82.9 cm³/mol. The van der Waals surface area contributed by atoms with Gasteiger partial charge in [0.25, 0.3) is 0 Å². The van der Waals surface area contributed by atoms with Gasteiger partial charge in [-0.2, -0.15) is 0 Å². The van der Waals surface area contributed by atoms with Crippen molar-refractivity contribution in [2.75, 3.05) is 17.7 Å². The Labute approximate surface area is 127 Å². The summed E-state index contributed by atoms with van der Waals surface area (Å²) in [4.78, 5) is 25.8. The van der Waals surface area contributed by atoms with Gasteiger partial charge in [-0.15, -0.1) is 0 Å². The van der Waals surface area contributed by atoms with Crippen molar-refractivity contribution in [3.05, 3.63) is 58.1 Å². The molecule has 0 aliphatic carbocycles. The number of likely N-dealkylation sites (N-methyl/N-ethyl adjacent to an activating group) is 1. The average Bonchev–Trinajstić information content (AvgIpc) is 2.76. The molecule has 0 aromatic heterocycles. The molecule has 0 saturated heterocycles. The SMILES string of the molecule is CN1C(=O)Cc2cc(C(=O)c3cccc(Cl)c3N)ccc21. The molecule has 1 aliphatic rings. The van der Waals surface area contributed by atoms with Crippen LogP contribution in [0.3, 0.4) is 0 Å². The van der Waals surface area contributed by atoms with Gasteiger partial charge in [0.2, 0.25) is 5.91 Å². The first-order chi connectivity index (χ1) is 9.99. The van der Waals surface area contributed by atoms with E-state index in [0.29, 0.717) is 22.6 Å². The van der Waals surface area contributed by atoms with Gasteiger partial charge < -0.3 is 10.6 Å². The third-order valence-electron chi connectivity index (χ3n) is 3.72. The molecular formula is C16H13ClN2O2. The number of para-hydroxylation sites is 1. The zero-order valence-electron chi connectivity index (χ0n) is 11.4. The fraction of sp³-hybridized carbons (Fsp3) is 0.125. The van der Waals surface area contributed by atoms with Crippen LogP contribution in [-0.4, -0.2) is 18.7 Å². The summed E-state index contributed by atoms with van der Waals surface area (Å²) in [5, 5.41) is 0.358. The summed E-state index contributed by atoms with van der Waals surface area (Å²) in [5.74, 6) is -0.170. The van der Waals surface area contributed by atoms with Crippen LogP contribution < -0.4 is 10.6 Å². The monoisotopic (exact) mass is 300 g/mol. The molecule has 0 radical (unpaired) electrons. The summed E-state index contributed by atoms with van der Waals surface area (Å²) in [6.45, 7) is 0. The molecule has 0 spiro atoms. The number of rotatable bonds is 2. The molecule has 21 heavy (non-hydrogen) atoms. The first-order valence-electron chi connectivity index (χ1n) is 6.47. The van der Waals surface area contributed by atoms with Gasteiger partial charge in [-0.05, 0) is 35.9 Å². The maximum absolute atomic E-state index is 12.5. The quantitative estimate of drug-likeness (QED) is 0.685. The molecule has 0 unspecified atom stereocenters. The lowest BCUT2D eigenvalue weighted by Crippen LogP contribution is -2.20. The third kappa shape index (κ3) is 2.17. The Kier molecular flexibility index (Phi) is 3.18. The van der Waals surface area contributed by atoms with E-state index in [1.165, 1.54) is 0 Å². The van der Waals surface area contributed by atoms with Crippen LogP contribution in [0.25, 0.3) is 0 Å². The molecule has 1 aliphatic heterocycles. The number of nitrogen functional groups attached to an aromatic ring is 1. The number of ketones is 1. The van der Waals surface area contributed by atoms with Crippen LogP contribution in [0, 0.1) is 0 Å². The lowest BCUT2D eigenvalue weighted by Gasteiger charge is -2.11. The lowest BCUT2D eigenvalue weighted by molar-refractivity contribution is -0.117. The summed E-state index contributed by atoms with van der Waals surface area (Å²) < 4.78 is 0. The molecule has 1 amide bonds. The Balaban J connectivity index is 2.02. The van der Waals surface area contributed by atoms with Crippen molar-refractivity contribution in [1.82, 2.24) is 0 Å². The van der Waals surface area contributed by atoms with Crippen LogP contribution >= 0.6 is 11.6 Å². The minimum atomic E-state index is -0.195. The second kappa shape index (κ2) is 4.90. The molecule has 0 atom stereocenters. The third-order valence-corrected chi connectivity index (χ3v) is 4.05. The Morgan fingerprint density at radius 2 is 2.05 bits per heavy atom. The number of anilines is 2. The molecule has 2 N–H and O–H groups in total. The predicted octanol–water partition coefficient (Wildman–Crippen LogP) is 2.67. The molecular weight excluding hydrogens is 288 g/mol. The smallest absolute Gasteiger partial charge is 0.231 e. The topological polar surface area (TPSA) is 63.4 Å². The van der Waals surface area contributed by atoms with E-state index < -0.39 is 0 Å². The van der Waals surface area contributed by atoms with Gasteiger partial charge in [0, 0.05) is 23.9 Å². The maximum atomic E-state index is 12.5. The molecule has 5 heteroatoms. The highest BCUT2D eigenvalue weighted by atomic mass is 35.5. The van der Waals surface area contributed by atoms with Gasteiger partial charge in [-0.25, -0.2) is 0 Å². The fourth-order valence-electron chi connectivity index (χ4n) is 2.50. The van der Waals surface area contributed by atoms with E-state index in [2.05, 4.69) is 0 Å². The van der Waals surface area contributed by atoms with Crippen molar-refractivity contribution in [3.63, 3.8) is 0 Å². The highest BCUT2D eigenvalue weighted by molar-refractivity contribution is 6.34. The van der Waals surface area contributed by atoms with Crippen LogP contribution in [0.5, 0.6) is 0 Å². The second-order valence-electron chi connectivity index (χ2n) is 5.00. The number of carbonyl (C=O) groups is 2. The standard InChI is InChI=1S/C16H13ClN2O2/c1-19-13-6-5-9(7-10(13)8-14(19)20)16(21)11-3-2-4-12(17)15(11)18/h2-7H,8,18H2,1H3.